The molecule has 0 aliphatic carbocycles. The van der Waals surface area contributed by atoms with E-state index in [4.69, 9.17) is 9.84 Å². The van der Waals surface area contributed by atoms with Crippen molar-refractivity contribution in [1.82, 2.24) is 0 Å². The van der Waals surface area contributed by atoms with Crippen LogP contribution in [0.25, 0.3) is 0 Å². The first-order valence-corrected chi connectivity index (χ1v) is 6.59. The minimum Gasteiger partial charge on any atom is -0.478 e. The number of hydrogen-bond donors (Lipinski definition) is 2. The molecule has 1 aromatic carbocycles. The fraction of sp³-hybridized carbons (Fsp3) is 0.500. The first kappa shape index (κ1) is 15.6. The third-order valence-corrected chi connectivity index (χ3v) is 3.66. The first-order valence-electron chi connectivity index (χ1n) is 6.59. The highest BCUT2D eigenvalue weighted by Crippen LogP contribution is 2.33. The SMILES string of the molecule is CC1OCCC1CNc1ccc(C(F)(F)F)c(C(=O)O)c1. The maximum absolute atomic E-state index is 12.7. The van der Waals surface area contributed by atoms with Crippen LogP contribution >= 0.6 is 0 Å². The van der Waals surface area contributed by atoms with Crippen LogP contribution in [0.5, 0.6) is 0 Å². The quantitative estimate of drug-likeness (QED) is 0.896. The number of carbonyl (C=O) groups is 1. The standard InChI is InChI=1S/C14H16F3NO3/c1-8-9(4-5-21-8)7-18-10-2-3-12(14(15,16)17)11(6-10)13(19)20/h2-3,6,8-9,18H,4-5,7H2,1H3,(H,19,20). The fourth-order valence-corrected chi connectivity index (χ4v) is 2.37. The molecule has 7 heteroatoms. The zero-order valence-corrected chi connectivity index (χ0v) is 11.4. The van der Waals surface area contributed by atoms with E-state index < -0.39 is 23.3 Å². The van der Waals surface area contributed by atoms with Crippen LogP contribution in [0.4, 0.5) is 18.9 Å². The molecule has 1 heterocycles. The Labute approximate surface area is 119 Å². The van der Waals surface area contributed by atoms with E-state index >= 15 is 0 Å². The lowest BCUT2D eigenvalue weighted by Crippen LogP contribution is -2.21. The lowest BCUT2D eigenvalue weighted by atomic mass is 10.0. The van der Waals surface area contributed by atoms with E-state index in [1.165, 1.54) is 6.07 Å². The molecule has 0 aromatic heterocycles. The molecule has 0 amide bonds. The molecule has 1 aliphatic rings. The van der Waals surface area contributed by atoms with Gasteiger partial charge in [-0.1, -0.05) is 0 Å². The van der Waals surface area contributed by atoms with Gasteiger partial charge in [-0.15, -0.1) is 0 Å². The minimum atomic E-state index is -4.68. The maximum atomic E-state index is 12.7. The molecule has 2 rings (SSSR count). The van der Waals surface area contributed by atoms with E-state index in [1.54, 1.807) is 0 Å². The fourth-order valence-electron chi connectivity index (χ4n) is 2.37. The summed E-state index contributed by atoms with van der Waals surface area (Å²) in [5.74, 6) is -1.33. The van der Waals surface area contributed by atoms with Crippen molar-refractivity contribution in [2.24, 2.45) is 5.92 Å². The summed E-state index contributed by atoms with van der Waals surface area (Å²) in [5, 5.41) is 11.9. The Morgan fingerprint density at radius 2 is 2.19 bits per heavy atom. The summed E-state index contributed by atoms with van der Waals surface area (Å²) in [6, 6.07) is 3.06. The second-order valence-corrected chi connectivity index (χ2v) is 5.07. The number of aromatic carboxylic acids is 1. The van der Waals surface area contributed by atoms with Crippen LogP contribution in [0.3, 0.4) is 0 Å². The number of alkyl halides is 3. The van der Waals surface area contributed by atoms with E-state index in [0.29, 0.717) is 18.8 Å². The summed E-state index contributed by atoms with van der Waals surface area (Å²) < 4.78 is 43.6. The highest BCUT2D eigenvalue weighted by Gasteiger charge is 2.35. The summed E-state index contributed by atoms with van der Waals surface area (Å²) in [7, 11) is 0. The third-order valence-electron chi connectivity index (χ3n) is 3.66. The molecular weight excluding hydrogens is 287 g/mol. The lowest BCUT2D eigenvalue weighted by molar-refractivity contribution is -0.138. The van der Waals surface area contributed by atoms with Gasteiger partial charge in [0.1, 0.15) is 0 Å². The monoisotopic (exact) mass is 303 g/mol. The van der Waals surface area contributed by atoms with E-state index in [-0.39, 0.29) is 12.0 Å². The molecule has 1 saturated heterocycles. The molecule has 0 radical (unpaired) electrons. The molecule has 116 valence electrons. The topological polar surface area (TPSA) is 58.6 Å². The number of anilines is 1. The average Bonchev–Trinajstić information content (AvgIpc) is 2.80. The van der Waals surface area contributed by atoms with Crippen LogP contribution < -0.4 is 5.32 Å². The zero-order chi connectivity index (χ0) is 15.6. The molecular formula is C14H16F3NO3. The van der Waals surface area contributed by atoms with Crippen molar-refractivity contribution in [2.45, 2.75) is 25.6 Å². The van der Waals surface area contributed by atoms with Gasteiger partial charge >= 0.3 is 12.1 Å². The number of benzene rings is 1. The van der Waals surface area contributed by atoms with E-state index in [9.17, 15) is 18.0 Å². The molecule has 4 nitrogen and oxygen atoms in total. The zero-order valence-electron chi connectivity index (χ0n) is 11.4. The van der Waals surface area contributed by atoms with E-state index in [0.717, 1.165) is 18.6 Å². The Hall–Kier alpha value is -1.76. The third kappa shape index (κ3) is 3.66. The van der Waals surface area contributed by atoms with Gasteiger partial charge in [-0.3, -0.25) is 0 Å². The van der Waals surface area contributed by atoms with Gasteiger partial charge in [0.05, 0.1) is 17.2 Å². The predicted octanol–water partition coefficient (Wildman–Crippen LogP) is 3.24. The smallest absolute Gasteiger partial charge is 0.417 e. The van der Waals surface area contributed by atoms with Crippen LogP contribution in [0.2, 0.25) is 0 Å². The molecule has 0 saturated carbocycles. The van der Waals surface area contributed by atoms with Gasteiger partial charge in [0.15, 0.2) is 0 Å². The summed E-state index contributed by atoms with van der Waals surface area (Å²) in [6.45, 7) is 3.14. The normalized spacial score (nSPS) is 22.3. The van der Waals surface area contributed by atoms with Crippen LogP contribution in [-0.2, 0) is 10.9 Å². The highest BCUT2D eigenvalue weighted by atomic mass is 19.4. The number of rotatable bonds is 4. The molecule has 2 unspecified atom stereocenters. The van der Waals surface area contributed by atoms with Gasteiger partial charge in [0, 0.05) is 24.8 Å². The maximum Gasteiger partial charge on any atom is 0.417 e. The van der Waals surface area contributed by atoms with Crippen molar-refractivity contribution in [3.05, 3.63) is 29.3 Å². The van der Waals surface area contributed by atoms with Gasteiger partial charge in [-0.25, -0.2) is 4.79 Å². The molecule has 21 heavy (non-hydrogen) atoms. The first-order chi connectivity index (χ1) is 9.79. The number of nitrogens with one attached hydrogen (secondary N) is 1. The van der Waals surface area contributed by atoms with Crippen molar-refractivity contribution in [3.8, 4) is 0 Å². The van der Waals surface area contributed by atoms with Crippen molar-refractivity contribution >= 4 is 11.7 Å². The van der Waals surface area contributed by atoms with Crippen LogP contribution in [0.1, 0.15) is 29.3 Å². The van der Waals surface area contributed by atoms with Gasteiger partial charge in [-0.05, 0) is 31.5 Å². The van der Waals surface area contributed by atoms with Gasteiger partial charge in [0.25, 0.3) is 0 Å². The Balaban J connectivity index is 2.14. The van der Waals surface area contributed by atoms with Gasteiger partial charge < -0.3 is 15.2 Å². The van der Waals surface area contributed by atoms with E-state index in [2.05, 4.69) is 5.32 Å². The summed E-state index contributed by atoms with van der Waals surface area (Å²) >= 11 is 0. The Morgan fingerprint density at radius 3 is 2.71 bits per heavy atom. The average molecular weight is 303 g/mol. The second kappa shape index (κ2) is 5.93. The Kier molecular flexibility index (Phi) is 4.41. The molecule has 1 aromatic rings. The second-order valence-electron chi connectivity index (χ2n) is 5.07. The highest BCUT2D eigenvalue weighted by molar-refractivity contribution is 5.91. The molecule has 1 aliphatic heterocycles. The van der Waals surface area contributed by atoms with Crippen LogP contribution in [0.15, 0.2) is 18.2 Å². The predicted molar refractivity (Wildman–Crippen MR) is 70.4 cm³/mol. The minimum absolute atomic E-state index is 0.0888. The van der Waals surface area contributed by atoms with Crippen molar-refractivity contribution in [3.63, 3.8) is 0 Å². The van der Waals surface area contributed by atoms with Gasteiger partial charge in [0.2, 0.25) is 0 Å². The summed E-state index contributed by atoms with van der Waals surface area (Å²) in [4.78, 5) is 11.0. The number of carboxylic acid groups (broad SMARTS) is 1. The van der Waals surface area contributed by atoms with Crippen molar-refractivity contribution in [1.29, 1.82) is 0 Å². The Bertz CT molecular complexity index is 531. The van der Waals surface area contributed by atoms with Crippen molar-refractivity contribution < 1.29 is 27.8 Å². The Morgan fingerprint density at radius 1 is 1.48 bits per heavy atom. The summed E-state index contributed by atoms with van der Waals surface area (Å²) in [5.41, 5.74) is -1.53. The van der Waals surface area contributed by atoms with Crippen molar-refractivity contribution in [2.75, 3.05) is 18.5 Å². The molecule has 1 fully saturated rings. The molecule has 2 atom stereocenters. The van der Waals surface area contributed by atoms with Crippen LogP contribution in [0, 0.1) is 5.92 Å². The lowest BCUT2D eigenvalue weighted by Gasteiger charge is -2.17. The van der Waals surface area contributed by atoms with Crippen LogP contribution in [-0.4, -0.2) is 30.3 Å². The van der Waals surface area contributed by atoms with E-state index in [1.807, 2.05) is 6.92 Å². The largest absolute Gasteiger partial charge is 0.478 e. The molecule has 0 spiro atoms. The number of hydrogen-bond acceptors (Lipinski definition) is 3. The number of ether oxygens (including phenoxy) is 1. The van der Waals surface area contributed by atoms with Gasteiger partial charge in [-0.2, -0.15) is 13.2 Å². The summed E-state index contributed by atoms with van der Waals surface area (Å²) in [6.07, 6.45) is -3.72. The number of halogens is 3. The molecule has 0 bridgehead atoms. The molecule has 2 N–H and O–H groups in total. The number of carboxylic acids is 1.